The maximum Gasteiger partial charge on any atom is 0.224 e. The zero-order valence-electron chi connectivity index (χ0n) is 13.4. The molecule has 120 valence electrons. The van der Waals surface area contributed by atoms with Crippen LogP contribution < -0.4 is 10.6 Å². The highest BCUT2D eigenvalue weighted by atomic mass is 16.2. The lowest BCUT2D eigenvalue weighted by atomic mass is 10.1. The van der Waals surface area contributed by atoms with Gasteiger partial charge in [-0.05, 0) is 24.6 Å². The van der Waals surface area contributed by atoms with Crippen LogP contribution in [-0.2, 0) is 22.7 Å². The van der Waals surface area contributed by atoms with Crippen LogP contribution >= 0.6 is 0 Å². The van der Waals surface area contributed by atoms with Crippen LogP contribution in [0, 0.1) is 5.92 Å². The second-order valence-electron chi connectivity index (χ2n) is 5.87. The molecule has 2 N–H and O–H groups in total. The average Bonchev–Trinajstić information content (AvgIpc) is 2.95. The molecular formula is C17H25N3O2. The van der Waals surface area contributed by atoms with Gasteiger partial charge in [0, 0.05) is 38.5 Å². The number of nitrogens with zero attached hydrogens (tertiary/aromatic N) is 1. The van der Waals surface area contributed by atoms with E-state index in [1.165, 1.54) is 11.1 Å². The number of carbonyl (C=O) groups is 2. The fraction of sp³-hybridized carbons (Fsp3) is 0.529. The first-order valence-electron chi connectivity index (χ1n) is 7.88. The van der Waals surface area contributed by atoms with Gasteiger partial charge in [-0.25, -0.2) is 0 Å². The number of fused-ring (bicyclic) bond motifs is 1. The lowest BCUT2D eigenvalue weighted by Crippen LogP contribution is -2.35. The van der Waals surface area contributed by atoms with Crippen LogP contribution in [0.2, 0.25) is 0 Å². The Hall–Kier alpha value is -1.88. The molecule has 22 heavy (non-hydrogen) atoms. The van der Waals surface area contributed by atoms with Crippen LogP contribution in [0.1, 0.15) is 30.9 Å². The molecule has 5 heteroatoms. The molecule has 0 radical (unpaired) electrons. The van der Waals surface area contributed by atoms with E-state index in [1.54, 1.807) is 0 Å². The summed E-state index contributed by atoms with van der Waals surface area (Å²) in [5.41, 5.74) is 2.48. The molecule has 0 fully saturated rings. The van der Waals surface area contributed by atoms with Gasteiger partial charge >= 0.3 is 0 Å². The van der Waals surface area contributed by atoms with Gasteiger partial charge in [-0.3, -0.25) is 9.59 Å². The van der Waals surface area contributed by atoms with Crippen molar-refractivity contribution < 1.29 is 9.59 Å². The maximum atomic E-state index is 12.2. The van der Waals surface area contributed by atoms with Crippen molar-refractivity contribution in [1.29, 1.82) is 0 Å². The van der Waals surface area contributed by atoms with E-state index >= 15 is 0 Å². The monoisotopic (exact) mass is 303 g/mol. The van der Waals surface area contributed by atoms with E-state index in [4.69, 9.17) is 0 Å². The molecule has 0 aliphatic carbocycles. The van der Waals surface area contributed by atoms with Crippen molar-refractivity contribution in [2.24, 2.45) is 5.92 Å². The van der Waals surface area contributed by atoms with E-state index in [0.29, 0.717) is 39.0 Å². The first kappa shape index (κ1) is 16.5. The smallest absolute Gasteiger partial charge is 0.224 e. The minimum Gasteiger partial charge on any atom is -0.356 e. The van der Waals surface area contributed by atoms with Crippen molar-refractivity contribution in [3.05, 3.63) is 35.4 Å². The van der Waals surface area contributed by atoms with Crippen LogP contribution in [0.25, 0.3) is 0 Å². The lowest BCUT2D eigenvalue weighted by Gasteiger charge is -2.16. The number of nitrogens with one attached hydrogen (secondary N) is 2. The molecule has 1 aromatic rings. The molecule has 1 atom stereocenters. The number of carbonyl (C=O) groups excluding carboxylic acids is 2. The Kier molecular flexibility index (Phi) is 5.95. The van der Waals surface area contributed by atoms with Crippen LogP contribution in [-0.4, -0.2) is 36.9 Å². The van der Waals surface area contributed by atoms with Crippen molar-refractivity contribution in [2.75, 3.05) is 20.1 Å². The molecule has 1 heterocycles. The molecule has 0 saturated heterocycles. The fourth-order valence-corrected chi connectivity index (χ4v) is 2.69. The summed E-state index contributed by atoms with van der Waals surface area (Å²) < 4.78 is 0. The highest BCUT2D eigenvalue weighted by Crippen LogP contribution is 2.22. The summed E-state index contributed by atoms with van der Waals surface area (Å²) in [6.07, 6.45) is 1.17. The van der Waals surface area contributed by atoms with Gasteiger partial charge in [-0.1, -0.05) is 31.2 Å². The molecule has 0 saturated carbocycles. The number of hydrogen-bond donors (Lipinski definition) is 2. The molecule has 1 unspecified atom stereocenters. The van der Waals surface area contributed by atoms with Crippen LogP contribution in [0.3, 0.4) is 0 Å². The summed E-state index contributed by atoms with van der Waals surface area (Å²) in [6, 6.07) is 8.17. The minimum atomic E-state index is -0.0474. The maximum absolute atomic E-state index is 12.2. The van der Waals surface area contributed by atoms with Crippen molar-refractivity contribution in [2.45, 2.75) is 32.9 Å². The van der Waals surface area contributed by atoms with Gasteiger partial charge in [-0.2, -0.15) is 0 Å². The Morgan fingerprint density at radius 1 is 1.23 bits per heavy atom. The molecule has 5 nitrogen and oxygen atoms in total. The molecule has 0 bridgehead atoms. The summed E-state index contributed by atoms with van der Waals surface area (Å²) in [6.45, 7) is 4.52. The fourth-order valence-electron chi connectivity index (χ4n) is 2.69. The highest BCUT2D eigenvalue weighted by molar-refractivity contribution is 5.79. The van der Waals surface area contributed by atoms with Gasteiger partial charge in [0.05, 0.1) is 0 Å². The van der Waals surface area contributed by atoms with Gasteiger partial charge in [0.1, 0.15) is 0 Å². The Morgan fingerprint density at radius 2 is 1.86 bits per heavy atom. The lowest BCUT2D eigenvalue weighted by molar-refractivity contribution is -0.132. The molecule has 1 aliphatic heterocycles. The summed E-state index contributed by atoms with van der Waals surface area (Å²) in [4.78, 5) is 25.8. The second kappa shape index (κ2) is 7.94. The van der Waals surface area contributed by atoms with Gasteiger partial charge < -0.3 is 15.5 Å². The Balaban J connectivity index is 1.66. The second-order valence-corrected chi connectivity index (χ2v) is 5.87. The molecule has 0 spiro atoms. The average molecular weight is 303 g/mol. The quantitative estimate of drug-likeness (QED) is 0.746. The standard InChI is InChI=1S/C17H25N3O2/c1-13(10-18-2)17(22)19-9-5-8-16(21)20-11-14-6-3-4-7-15(14)12-20/h3-4,6-7,13,18H,5,8-12H2,1-2H3,(H,19,22). The van der Waals surface area contributed by atoms with Crippen LogP contribution in [0.5, 0.6) is 0 Å². The molecule has 1 aromatic carbocycles. The number of hydrogen-bond acceptors (Lipinski definition) is 3. The van der Waals surface area contributed by atoms with E-state index in [1.807, 2.05) is 31.0 Å². The first-order valence-corrected chi connectivity index (χ1v) is 7.88. The van der Waals surface area contributed by atoms with Gasteiger partial charge in [-0.15, -0.1) is 0 Å². The minimum absolute atomic E-state index is 0.0374. The van der Waals surface area contributed by atoms with Crippen molar-refractivity contribution in [3.8, 4) is 0 Å². The predicted octanol–water partition coefficient (Wildman–Crippen LogP) is 1.28. The highest BCUT2D eigenvalue weighted by Gasteiger charge is 2.22. The van der Waals surface area contributed by atoms with Crippen LogP contribution in [0.15, 0.2) is 24.3 Å². The zero-order chi connectivity index (χ0) is 15.9. The topological polar surface area (TPSA) is 61.4 Å². The first-order chi connectivity index (χ1) is 10.6. The molecule has 2 rings (SSSR count). The Bertz CT molecular complexity index is 505. The van der Waals surface area contributed by atoms with E-state index in [-0.39, 0.29) is 17.7 Å². The van der Waals surface area contributed by atoms with Crippen molar-refractivity contribution in [1.82, 2.24) is 15.5 Å². The van der Waals surface area contributed by atoms with Gasteiger partial charge in [0.25, 0.3) is 0 Å². The number of benzene rings is 1. The summed E-state index contributed by atoms with van der Waals surface area (Å²) in [5.74, 6) is 0.151. The predicted molar refractivity (Wildman–Crippen MR) is 86.0 cm³/mol. The zero-order valence-corrected chi connectivity index (χ0v) is 13.4. The largest absolute Gasteiger partial charge is 0.356 e. The third kappa shape index (κ3) is 4.31. The normalized spacial score (nSPS) is 14.5. The van der Waals surface area contributed by atoms with E-state index in [2.05, 4.69) is 22.8 Å². The van der Waals surface area contributed by atoms with Crippen LogP contribution in [0.4, 0.5) is 0 Å². The van der Waals surface area contributed by atoms with E-state index in [9.17, 15) is 9.59 Å². The summed E-state index contributed by atoms with van der Waals surface area (Å²) in [5, 5.41) is 5.86. The molecule has 0 aromatic heterocycles. The van der Waals surface area contributed by atoms with E-state index in [0.717, 1.165) is 0 Å². The Labute approximate surface area is 132 Å². The Morgan fingerprint density at radius 3 is 2.45 bits per heavy atom. The van der Waals surface area contributed by atoms with Crippen molar-refractivity contribution >= 4 is 11.8 Å². The summed E-state index contributed by atoms with van der Waals surface area (Å²) >= 11 is 0. The van der Waals surface area contributed by atoms with E-state index < -0.39 is 0 Å². The summed E-state index contributed by atoms with van der Waals surface area (Å²) in [7, 11) is 1.83. The third-order valence-corrected chi connectivity index (χ3v) is 4.02. The number of amides is 2. The SMILES string of the molecule is CNCC(C)C(=O)NCCCC(=O)N1Cc2ccccc2C1. The number of rotatable bonds is 7. The molecule has 1 aliphatic rings. The van der Waals surface area contributed by atoms with Crippen molar-refractivity contribution in [3.63, 3.8) is 0 Å². The molecular weight excluding hydrogens is 278 g/mol. The van der Waals surface area contributed by atoms with Gasteiger partial charge in [0.15, 0.2) is 0 Å². The van der Waals surface area contributed by atoms with Gasteiger partial charge in [0.2, 0.25) is 11.8 Å². The third-order valence-electron chi connectivity index (χ3n) is 4.02. The molecule has 2 amide bonds.